The number of benzene rings is 1. The molecular weight excluding hydrogens is 296 g/mol. The number of hydrogen-bond acceptors (Lipinski definition) is 3. The number of nitrogens with one attached hydrogen (secondary N) is 1. The smallest absolute Gasteiger partial charge is 0.326 e. The van der Waals surface area contributed by atoms with Crippen molar-refractivity contribution in [3.05, 3.63) is 35.4 Å². The third-order valence-corrected chi connectivity index (χ3v) is 4.02. The van der Waals surface area contributed by atoms with Gasteiger partial charge in [-0.25, -0.2) is 4.79 Å². The molecule has 1 heterocycles. The number of rotatable bonds is 6. The van der Waals surface area contributed by atoms with Gasteiger partial charge in [-0.1, -0.05) is 24.3 Å². The van der Waals surface area contributed by atoms with E-state index >= 15 is 0 Å². The van der Waals surface area contributed by atoms with Gasteiger partial charge in [0.2, 0.25) is 11.8 Å². The van der Waals surface area contributed by atoms with Gasteiger partial charge < -0.3 is 15.3 Å². The average molecular weight is 318 g/mol. The number of carboxylic acid groups (broad SMARTS) is 1. The van der Waals surface area contributed by atoms with Gasteiger partial charge in [-0.2, -0.15) is 0 Å². The van der Waals surface area contributed by atoms with Crippen LogP contribution in [-0.4, -0.2) is 40.4 Å². The van der Waals surface area contributed by atoms with Gasteiger partial charge in [0.25, 0.3) is 0 Å². The van der Waals surface area contributed by atoms with Crippen LogP contribution in [0, 0.1) is 0 Å². The van der Waals surface area contributed by atoms with Crippen LogP contribution in [0.5, 0.6) is 0 Å². The summed E-state index contributed by atoms with van der Waals surface area (Å²) in [6, 6.07) is 6.76. The molecule has 0 bridgehead atoms. The Morgan fingerprint density at radius 1 is 1.22 bits per heavy atom. The summed E-state index contributed by atoms with van der Waals surface area (Å²) in [6.45, 7) is 2.72. The topological polar surface area (TPSA) is 86.7 Å². The van der Waals surface area contributed by atoms with E-state index in [2.05, 4.69) is 5.32 Å². The van der Waals surface area contributed by atoms with Crippen LogP contribution in [0.15, 0.2) is 24.3 Å². The molecule has 0 aromatic heterocycles. The van der Waals surface area contributed by atoms with Crippen molar-refractivity contribution in [2.24, 2.45) is 0 Å². The summed E-state index contributed by atoms with van der Waals surface area (Å²) in [6.07, 6.45) is 1.22. The van der Waals surface area contributed by atoms with E-state index in [-0.39, 0.29) is 24.7 Å². The Balaban J connectivity index is 2.00. The van der Waals surface area contributed by atoms with Crippen LogP contribution in [0.1, 0.15) is 37.3 Å². The fraction of sp³-hybridized carbons (Fsp3) is 0.471. The summed E-state index contributed by atoms with van der Waals surface area (Å²) in [4.78, 5) is 36.7. The maximum Gasteiger partial charge on any atom is 0.326 e. The fourth-order valence-corrected chi connectivity index (χ4v) is 2.84. The van der Waals surface area contributed by atoms with E-state index in [0.29, 0.717) is 25.9 Å². The molecule has 1 aliphatic heterocycles. The molecule has 0 radical (unpaired) electrons. The lowest BCUT2D eigenvalue weighted by Gasteiger charge is -2.34. The van der Waals surface area contributed by atoms with Crippen molar-refractivity contribution in [3.63, 3.8) is 0 Å². The number of nitrogens with zero attached hydrogens (tertiary/aromatic N) is 1. The minimum absolute atomic E-state index is 0.0842. The highest BCUT2D eigenvalue weighted by Gasteiger charge is 2.33. The Morgan fingerprint density at radius 2 is 1.91 bits per heavy atom. The minimum Gasteiger partial charge on any atom is -0.480 e. The molecule has 0 fully saturated rings. The van der Waals surface area contributed by atoms with Crippen molar-refractivity contribution in [1.29, 1.82) is 0 Å². The molecule has 1 aromatic rings. The van der Waals surface area contributed by atoms with Gasteiger partial charge in [0, 0.05) is 32.4 Å². The zero-order chi connectivity index (χ0) is 16.8. The van der Waals surface area contributed by atoms with Gasteiger partial charge in [0.15, 0.2) is 0 Å². The molecule has 6 heteroatoms. The van der Waals surface area contributed by atoms with E-state index in [9.17, 15) is 19.5 Å². The zero-order valence-electron chi connectivity index (χ0n) is 13.2. The lowest BCUT2D eigenvalue weighted by molar-refractivity contribution is -0.151. The number of carbonyl (C=O) groups is 3. The van der Waals surface area contributed by atoms with Crippen LogP contribution >= 0.6 is 0 Å². The number of amides is 2. The van der Waals surface area contributed by atoms with Gasteiger partial charge in [-0.05, 0) is 24.5 Å². The normalized spacial score (nSPS) is 16.6. The quantitative estimate of drug-likeness (QED) is 0.828. The van der Waals surface area contributed by atoms with Crippen LogP contribution in [0.25, 0.3) is 0 Å². The third-order valence-electron chi connectivity index (χ3n) is 4.02. The molecule has 2 rings (SSSR count). The highest BCUT2D eigenvalue weighted by Crippen LogP contribution is 2.24. The van der Waals surface area contributed by atoms with Gasteiger partial charge >= 0.3 is 5.97 Å². The monoisotopic (exact) mass is 318 g/mol. The zero-order valence-corrected chi connectivity index (χ0v) is 13.2. The highest BCUT2D eigenvalue weighted by molar-refractivity contribution is 5.85. The van der Waals surface area contributed by atoms with Gasteiger partial charge in [0.05, 0.1) is 0 Å². The Hall–Kier alpha value is -2.37. The Kier molecular flexibility index (Phi) is 5.73. The Morgan fingerprint density at radius 3 is 2.57 bits per heavy atom. The molecule has 2 N–H and O–H groups in total. The standard InChI is InChI=1S/C17H22N2O4/c1-2-18-15(20)8-5-9-16(21)19-11-13-7-4-3-6-12(13)10-14(19)17(22)23/h3-4,6-7,14H,2,5,8-11H2,1H3,(H,18,20)(H,22,23). The molecule has 0 saturated carbocycles. The Bertz CT molecular complexity index is 600. The van der Waals surface area contributed by atoms with E-state index in [1.54, 1.807) is 0 Å². The molecule has 2 amide bonds. The highest BCUT2D eigenvalue weighted by atomic mass is 16.4. The number of fused-ring (bicyclic) bond motifs is 1. The van der Waals surface area contributed by atoms with E-state index < -0.39 is 12.0 Å². The van der Waals surface area contributed by atoms with Crippen LogP contribution in [0.2, 0.25) is 0 Å². The van der Waals surface area contributed by atoms with Crippen molar-refractivity contribution in [3.8, 4) is 0 Å². The van der Waals surface area contributed by atoms with Crippen molar-refractivity contribution in [1.82, 2.24) is 10.2 Å². The molecule has 124 valence electrons. The summed E-state index contributed by atoms with van der Waals surface area (Å²) >= 11 is 0. The number of carboxylic acids is 1. The second kappa shape index (κ2) is 7.76. The maximum atomic E-state index is 12.4. The number of hydrogen-bond donors (Lipinski definition) is 2. The molecule has 0 spiro atoms. The molecule has 1 unspecified atom stereocenters. The largest absolute Gasteiger partial charge is 0.480 e. The summed E-state index contributed by atoms with van der Waals surface area (Å²) in [5, 5.41) is 12.1. The van der Waals surface area contributed by atoms with E-state index in [1.807, 2.05) is 31.2 Å². The van der Waals surface area contributed by atoms with Crippen LogP contribution in [0.3, 0.4) is 0 Å². The first-order valence-electron chi connectivity index (χ1n) is 7.88. The molecule has 1 aromatic carbocycles. The predicted octanol–water partition coefficient (Wildman–Crippen LogP) is 1.33. The third kappa shape index (κ3) is 4.31. The summed E-state index contributed by atoms with van der Waals surface area (Å²) < 4.78 is 0. The molecular formula is C17H22N2O4. The maximum absolute atomic E-state index is 12.4. The van der Waals surface area contributed by atoms with Crippen molar-refractivity contribution in [2.45, 2.75) is 45.2 Å². The average Bonchev–Trinajstić information content (AvgIpc) is 2.53. The first-order chi connectivity index (χ1) is 11.0. The van der Waals surface area contributed by atoms with Crippen LogP contribution in [0.4, 0.5) is 0 Å². The molecule has 1 atom stereocenters. The van der Waals surface area contributed by atoms with E-state index in [1.165, 1.54) is 4.90 Å². The first-order valence-corrected chi connectivity index (χ1v) is 7.88. The Labute approximate surface area is 135 Å². The lowest BCUT2D eigenvalue weighted by atomic mass is 9.93. The summed E-state index contributed by atoms with van der Waals surface area (Å²) in [7, 11) is 0. The lowest BCUT2D eigenvalue weighted by Crippen LogP contribution is -2.48. The van der Waals surface area contributed by atoms with E-state index in [4.69, 9.17) is 0 Å². The van der Waals surface area contributed by atoms with Crippen molar-refractivity contribution < 1.29 is 19.5 Å². The fourth-order valence-electron chi connectivity index (χ4n) is 2.84. The van der Waals surface area contributed by atoms with Crippen molar-refractivity contribution in [2.75, 3.05) is 6.54 Å². The van der Waals surface area contributed by atoms with Gasteiger partial charge in [-0.15, -0.1) is 0 Å². The number of carbonyl (C=O) groups excluding carboxylic acids is 2. The van der Waals surface area contributed by atoms with Gasteiger partial charge in [-0.3, -0.25) is 9.59 Å². The van der Waals surface area contributed by atoms with Crippen molar-refractivity contribution >= 4 is 17.8 Å². The van der Waals surface area contributed by atoms with Gasteiger partial charge in [0.1, 0.15) is 6.04 Å². The van der Waals surface area contributed by atoms with Crippen LogP contribution < -0.4 is 5.32 Å². The predicted molar refractivity (Wildman–Crippen MR) is 84.7 cm³/mol. The first kappa shape index (κ1) is 17.0. The molecule has 0 saturated heterocycles. The summed E-state index contributed by atoms with van der Waals surface area (Å²) in [5.74, 6) is -1.29. The van der Waals surface area contributed by atoms with Crippen LogP contribution in [-0.2, 0) is 27.3 Å². The molecule has 0 aliphatic carbocycles. The molecule has 6 nitrogen and oxygen atoms in total. The van der Waals surface area contributed by atoms with E-state index in [0.717, 1.165) is 11.1 Å². The molecule has 23 heavy (non-hydrogen) atoms. The molecule has 1 aliphatic rings. The second-order valence-electron chi connectivity index (χ2n) is 5.66. The SMILES string of the molecule is CCNC(=O)CCCC(=O)N1Cc2ccccc2CC1C(=O)O. The minimum atomic E-state index is -0.989. The second-order valence-corrected chi connectivity index (χ2v) is 5.66. The number of aliphatic carboxylic acids is 1. The summed E-state index contributed by atoms with van der Waals surface area (Å²) in [5.41, 5.74) is 1.97.